The first-order valence-corrected chi connectivity index (χ1v) is 12.0. The number of rotatable bonds is 8. The molecule has 30 heavy (non-hydrogen) atoms. The highest BCUT2D eigenvalue weighted by Crippen LogP contribution is 2.18. The van der Waals surface area contributed by atoms with Gasteiger partial charge in [-0.15, -0.1) is 0 Å². The Kier molecular flexibility index (Phi) is 7.44. The van der Waals surface area contributed by atoms with Crippen LogP contribution in [0.5, 0.6) is 0 Å². The number of hydrogen-bond acceptors (Lipinski definition) is 4. The fraction of sp³-hybridized carbons (Fsp3) is 0.409. The minimum atomic E-state index is -3.69. The van der Waals surface area contributed by atoms with Crippen LogP contribution in [0.1, 0.15) is 30.4 Å². The summed E-state index contributed by atoms with van der Waals surface area (Å²) in [6.45, 7) is 2.98. The van der Waals surface area contributed by atoms with E-state index in [0.717, 1.165) is 35.8 Å². The quantitative estimate of drug-likeness (QED) is 0.695. The fourth-order valence-corrected chi connectivity index (χ4v) is 4.49. The Hall–Kier alpha value is -2.45. The molecule has 1 fully saturated rings. The molecule has 0 bridgehead atoms. The topological polar surface area (TPSA) is 69.7 Å². The Bertz CT molecular complexity index is 958. The maximum atomic E-state index is 13.2. The lowest BCUT2D eigenvalue weighted by Crippen LogP contribution is -2.40. The molecule has 1 heterocycles. The number of nitrogens with one attached hydrogen (secondary N) is 1. The molecule has 1 N–H and O–H groups in total. The number of likely N-dealkylation sites (tertiary alicyclic amines) is 1. The van der Waals surface area contributed by atoms with E-state index in [0.29, 0.717) is 6.54 Å². The average molecular weight is 434 g/mol. The molecule has 0 atom stereocenters. The van der Waals surface area contributed by atoms with Gasteiger partial charge in [-0.05, 0) is 61.3 Å². The summed E-state index contributed by atoms with van der Waals surface area (Å²) in [5, 5.41) is 2.82. The maximum Gasteiger partial charge on any atom is 0.241 e. The Morgan fingerprint density at radius 3 is 2.30 bits per heavy atom. The van der Waals surface area contributed by atoms with Gasteiger partial charge in [0.05, 0.1) is 11.9 Å². The van der Waals surface area contributed by atoms with Crippen LogP contribution in [-0.4, -0.2) is 45.1 Å². The van der Waals surface area contributed by atoms with Crippen molar-refractivity contribution in [1.82, 2.24) is 10.2 Å². The number of amides is 1. The Labute approximate surface area is 177 Å². The lowest BCUT2D eigenvalue weighted by atomic mass is 10.0. The van der Waals surface area contributed by atoms with Gasteiger partial charge in [0.15, 0.2) is 0 Å². The number of anilines is 1. The highest BCUT2D eigenvalue weighted by Gasteiger charge is 2.21. The van der Waals surface area contributed by atoms with E-state index in [1.54, 1.807) is 0 Å². The van der Waals surface area contributed by atoms with Crippen LogP contribution in [0.25, 0.3) is 0 Å². The molecule has 1 amide bonds. The minimum absolute atomic E-state index is 0.250. The monoisotopic (exact) mass is 433 g/mol. The Morgan fingerprint density at radius 2 is 1.67 bits per heavy atom. The first-order valence-electron chi connectivity index (χ1n) is 10.1. The number of sulfonamides is 1. The molecule has 8 heteroatoms. The van der Waals surface area contributed by atoms with Gasteiger partial charge < -0.3 is 5.32 Å². The van der Waals surface area contributed by atoms with Gasteiger partial charge in [0.1, 0.15) is 12.4 Å². The minimum Gasteiger partial charge on any atom is -0.350 e. The fourth-order valence-electron chi connectivity index (χ4n) is 3.63. The molecule has 0 aliphatic carbocycles. The van der Waals surface area contributed by atoms with Crippen molar-refractivity contribution in [3.05, 3.63) is 65.5 Å². The van der Waals surface area contributed by atoms with E-state index < -0.39 is 21.7 Å². The van der Waals surface area contributed by atoms with Gasteiger partial charge in [0.25, 0.3) is 0 Å². The molecule has 1 saturated heterocycles. The smallest absolute Gasteiger partial charge is 0.241 e. The summed E-state index contributed by atoms with van der Waals surface area (Å²) in [4.78, 5) is 14.9. The average Bonchev–Trinajstić information content (AvgIpc) is 2.72. The van der Waals surface area contributed by atoms with Gasteiger partial charge in [-0.25, -0.2) is 12.8 Å². The van der Waals surface area contributed by atoms with Crippen molar-refractivity contribution in [1.29, 1.82) is 0 Å². The van der Waals surface area contributed by atoms with Crippen molar-refractivity contribution in [2.24, 2.45) is 0 Å². The summed E-state index contributed by atoms with van der Waals surface area (Å²) < 4.78 is 38.4. The summed E-state index contributed by atoms with van der Waals surface area (Å²) in [5.74, 6) is -0.889. The van der Waals surface area contributed by atoms with Crippen LogP contribution >= 0.6 is 0 Å². The van der Waals surface area contributed by atoms with Gasteiger partial charge in [0.2, 0.25) is 15.9 Å². The van der Waals surface area contributed by atoms with Gasteiger partial charge in [-0.3, -0.25) is 14.0 Å². The highest BCUT2D eigenvalue weighted by atomic mass is 32.2. The van der Waals surface area contributed by atoms with E-state index in [9.17, 15) is 17.6 Å². The molecule has 2 aromatic rings. The number of benzene rings is 2. The first-order chi connectivity index (χ1) is 14.3. The van der Waals surface area contributed by atoms with E-state index in [1.165, 1.54) is 49.1 Å². The molecule has 2 aromatic carbocycles. The van der Waals surface area contributed by atoms with Gasteiger partial charge >= 0.3 is 0 Å². The van der Waals surface area contributed by atoms with Crippen LogP contribution in [0, 0.1) is 5.82 Å². The SMILES string of the molecule is CS(=O)(=O)N(CC(=O)NCc1ccccc1CN1CCCCC1)c1ccc(F)cc1. The molecule has 0 saturated carbocycles. The van der Waals surface area contributed by atoms with Crippen molar-refractivity contribution in [3.63, 3.8) is 0 Å². The van der Waals surface area contributed by atoms with Gasteiger partial charge in [-0.2, -0.15) is 0 Å². The predicted molar refractivity (Wildman–Crippen MR) is 116 cm³/mol. The van der Waals surface area contributed by atoms with Crippen LogP contribution in [-0.2, 0) is 27.9 Å². The van der Waals surface area contributed by atoms with Crippen molar-refractivity contribution < 1.29 is 17.6 Å². The molecular formula is C22H28FN3O3S. The second-order valence-corrected chi connectivity index (χ2v) is 9.54. The lowest BCUT2D eigenvalue weighted by molar-refractivity contribution is -0.119. The van der Waals surface area contributed by atoms with Crippen LogP contribution in [0.15, 0.2) is 48.5 Å². The molecule has 162 valence electrons. The molecule has 6 nitrogen and oxygen atoms in total. The number of nitrogens with zero attached hydrogens (tertiary/aromatic N) is 2. The molecule has 0 unspecified atom stereocenters. The van der Waals surface area contributed by atoms with E-state index in [-0.39, 0.29) is 12.2 Å². The summed E-state index contributed by atoms with van der Waals surface area (Å²) in [7, 11) is -3.69. The molecule has 1 aliphatic heterocycles. The van der Waals surface area contributed by atoms with Crippen LogP contribution in [0.3, 0.4) is 0 Å². The maximum absolute atomic E-state index is 13.2. The number of hydrogen-bond donors (Lipinski definition) is 1. The Balaban J connectivity index is 1.64. The molecule has 0 spiro atoms. The second-order valence-electron chi connectivity index (χ2n) is 7.63. The molecule has 0 radical (unpaired) electrons. The molecule has 0 aromatic heterocycles. The zero-order valence-corrected chi connectivity index (χ0v) is 18.0. The largest absolute Gasteiger partial charge is 0.350 e. The molecule has 1 aliphatic rings. The summed E-state index contributed by atoms with van der Waals surface area (Å²) >= 11 is 0. The zero-order chi connectivity index (χ0) is 21.6. The predicted octanol–water partition coefficient (Wildman–Crippen LogP) is 2.89. The van der Waals surface area contributed by atoms with E-state index in [2.05, 4.69) is 16.3 Å². The third-order valence-electron chi connectivity index (χ3n) is 5.24. The number of carbonyl (C=O) groups excluding carboxylic acids is 1. The number of piperidine rings is 1. The van der Waals surface area contributed by atoms with Crippen LogP contribution < -0.4 is 9.62 Å². The summed E-state index contributed by atoms with van der Waals surface area (Å²) in [6, 6.07) is 13.0. The third-order valence-corrected chi connectivity index (χ3v) is 6.38. The summed E-state index contributed by atoms with van der Waals surface area (Å²) in [6.07, 6.45) is 4.73. The molecular weight excluding hydrogens is 405 g/mol. The Morgan fingerprint density at radius 1 is 1.03 bits per heavy atom. The van der Waals surface area contributed by atoms with Crippen LogP contribution in [0.4, 0.5) is 10.1 Å². The van der Waals surface area contributed by atoms with Gasteiger partial charge in [0, 0.05) is 13.1 Å². The number of carbonyl (C=O) groups is 1. The van der Waals surface area contributed by atoms with E-state index in [4.69, 9.17) is 0 Å². The molecule has 3 rings (SSSR count). The number of halogens is 1. The van der Waals surface area contributed by atoms with Crippen molar-refractivity contribution in [2.75, 3.05) is 30.2 Å². The van der Waals surface area contributed by atoms with E-state index in [1.807, 2.05) is 18.2 Å². The zero-order valence-electron chi connectivity index (χ0n) is 17.2. The summed E-state index contributed by atoms with van der Waals surface area (Å²) in [5.41, 5.74) is 2.43. The highest BCUT2D eigenvalue weighted by molar-refractivity contribution is 7.92. The first kappa shape index (κ1) is 22.2. The normalized spacial score (nSPS) is 15.0. The van der Waals surface area contributed by atoms with Crippen molar-refractivity contribution in [2.45, 2.75) is 32.4 Å². The van der Waals surface area contributed by atoms with Crippen molar-refractivity contribution in [3.8, 4) is 0 Å². The third kappa shape index (κ3) is 6.27. The van der Waals surface area contributed by atoms with Crippen molar-refractivity contribution >= 4 is 21.6 Å². The second kappa shape index (κ2) is 10.0. The lowest BCUT2D eigenvalue weighted by Gasteiger charge is -2.27. The van der Waals surface area contributed by atoms with Gasteiger partial charge in [-0.1, -0.05) is 30.7 Å². The van der Waals surface area contributed by atoms with E-state index >= 15 is 0 Å². The van der Waals surface area contributed by atoms with Crippen LogP contribution in [0.2, 0.25) is 0 Å². The standard InChI is InChI=1S/C22H28FN3O3S/c1-30(28,29)26(21-11-9-20(23)10-12-21)17-22(27)24-15-18-7-3-4-8-19(18)16-25-13-5-2-6-14-25/h3-4,7-12H,2,5-6,13-17H2,1H3,(H,24,27).